The van der Waals surface area contributed by atoms with Crippen molar-refractivity contribution in [2.75, 3.05) is 12.8 Å². The highest BCUT2D eigenvalue weighted by Crippen LogP contribution is 2.22. The van der Waals surface area contributed by atoms with Crippen LogP contribution >= 0.6 is 0 Å². The zero-order valence-corrected chi connectivity index (χ0v) is 10.4. The minimum atomic E-state index is -0.276. The Morgan fingerprint density at radius 2 is 2.17 bits per heavy atom. The summed E-state index contributed by atoms with van der Waals surface area (Å²) >= 11 is 0. The number of hydrogen-bond acceptors (Lipinski definition) is 4. The lowest BCUT2D eigenvalue weighted by atomic mass is 10.1. The van der Waals surface area contributed by atoms with Gasteiger partial charge in [-0.05, 0) is 43.5 Å². The Bertz CT molecular complexity index is 552. The number of benzene rings is 1. The van der Waals surface area contributed by atoms with Crippen molar-refractivity contribution in [3.63, 3.8) is 0 Å². The Morgan fingerprint density at radius 1 is 1.39 bits per heavy atom. The standard InChI is InChI=1S/C13H15FN2O2/c1-8-11(16-13(15)18-8)5-3-9-7-10(14)4-6-12(9)17-2/h4,6-7H,3,5H2,1-2H3,(H2,15,16). The molecule has 2 aromatic rings. The molecule has 0 radical (unpaired) electrons. The molecule has 2 rings (SSSR count). The topological polar surface area (TPSA) is 61.3 Å². The van der Waals surface area contributed by atoms with E-state index >= 15 is 0 Å². The van der Waals surface area contributed by atoms with Crippen LogP contribution in [0.3, 0.4) is 0 Å². The van der Waals surface area contributed by atoms with Crippen LogP contribution in [0.5, 0.6) is 5.75 Å². The van der Waals surface area contributed by atoms with Crippen LogP contribution in [0.4, 0.5) is 10.4 Å². The summed E-state index contributed by atoms with van der Waals surface area (Å²) in [5, 5.41) is 0. The van der Waals surface area contributed by atoms with Gasteiger partial charge in [0.15, 0.2) is 0 Å². The van der Waals surface area contributed by atoms with Crippen molar-refractivity contribution >= 4 is 6.01 Å². The number of aryl methyl sites for hydroxylation is 3. The number of nitrogen functional groups attached to an aromatic ring is 1. The molecule has 0 saturated heterocycles. The maximum atomic E-state index is 13.2. The molecule has 5 heteroatoms. The molecule has 96 valence electrons. The van der Waals surface area contributed by atoms with E-state index in [2.05, 4.69) is 4.98 Å². The predicted molar refractivity (Wildman–Crippen MR) is 66.0 cm³/mol. The molecule has 0 amide bonds. The predicted octanol–water partition coefficient (Wildman–Crippen LogP) is 2.50. The van der Waals surface area contributed by atoms with Crippen molar-refractivity contribution < 1.29 is 13.5 Å². The molecule has 0 bridgehead atoms. The van der Waals surface area contributed by atoms with Gasteiger partial charge < -0.3 is 14.9 Å². The van der Waals surface area contributed by atoms with Gasteiger partial charge in [-0.25, -0.2) is 4.39 Å². The third-order valence-corrected chi connectivity index (χ3v) is 2.78. The van der Waals surface area contributed by atoms with Gasteiger partial charge in [-0.3, -0.25) is 0 Å². The first-order valence-corrected chi connectivity index (χ1v) is 5.64. The van der Waals surface area contributed by atoms with Crippen molar-refractivity contribution in [3.8, 4) is 5.75 Å². The Labute approximate surface area is 105 Å². The molecule has 0 aliphatic carbocycles. The Hall–Kier alpha value is -2.04. The molecular weight excluding hydrogens is 235 g/mol. The Morgan fingerprint density at radius 3 is 2.78 bits per heavy atom. The van der Waals surface area contributed by atoms with Crippen molar-refractivity contribution in [1.29, 1.82) is 0 Å². The van der Waals surface area contributed by atoms with Crippen molar-refractivity contribution in [1.82, 2.24) is 4.98 Å². The summed E-state index contributed by atoms with van der Waals surface area (Å²) in [5.41, 5.74) is 7.06. The lowest BCUT2D eigenvalue weighted by Gasteiger charge is -2.07. The minimum absolute atomic E-state index is 0.161. The monoisotopic (exact) mass is 250 g/mol. The first-order chi connectivity index (χ1) is 8.60. The van der Waals surface area contributed by atoms with E-state index < -0.39 is 0 Å². The number of nitrogens with zero attached hydrogens (tertiary/aromatic N) is 1. The second kappa shape index (κ2) is 5.08. The second-order valence-electron chi connectivity index (χ2n) is 4.01. The molecule has 0 saturated carbocycles. The third-order valence-electron chi connectivity index (χ3n) is 2.78. The SMILES string of the molecule is COc1ccc(F)cc1CCc1nc(N)oc1C. The fourth-order valence-corrected chi connectivity index (χ4v) is 1.88. The summed E-state index contributed by atoms with van der Waals surface area (Å²) in [7, 11) is 1.57. The first kappa shape index (κ1) is 12.4. The Balaban J connectivity index is 2.14. The highest BCUT2D eigenvalue weighted by Gasteiger charge is 2.10. The van der Waals surface area contributed by atoms with Gasteiger partial charge in [0, 0.05) is 0 Å². The first-order valence-electron chi connectivity index (χ1n) is 5.64. The summed E-state index contributed by atoms with van der Waals surface area (Å²) in [6.45, 7) is 1.81. The van der Waals surface area contributed by atoms with Crippen molar-refractivity contribution in [3.05, 3.63) is 41.0 Å². The zero-order valence-electron chi connectivity index (χ0n) is 10.4. The van der Waals surface area contributed by atoms with Crippen LogP contribution < -0.4 is 10.5 Å². The summed E-state index contributed by atoms with van der Waals surface area (Å²) in [6.07, 6.45) is 1.25. The van der Waals surface area contributed by atoms with Gasteiger partial charge in [0.2, 0.25) is 0 Å². The van der Waals surface area contributed by atoms with Crippen LogP contribution in [0, 0.1) is 12.7 Å². The summed E-state index contributed by atoms with van der Waals surface area (Å²) in [6, 6.07) is 4.63. The molecule has 0 unspecified atom stereocenters. The fraction of sp³-hybridized carbons (Fsp3) is 0.308. The number of oxazole rings is 1. The van der Waals surface area contributed by atoms with Gasteiger partial charge in [0.05, 0.1) is 12.8 Å². The molecule has 1 aromatic carbocycles. The van der Waals surface area contributed by atoms with Gasteiger partial charge in [-0.1, -0.05) is 0 Å². The molecule has 4 nitrogen and oxygen atoms in total. The van der Waals surface area contributed by atoms with E-state index in [1.54, 1.807) is 13.2 Å². The molecule has 0 spiro atoms. The van der Waals surface area contributed by atoms with E-state index in [1.165, 1.54) is 12.1 Å². The van der Waals surface area contributed by atoms with Gasteiger partial charge in [-0.15, -0.1) is 0 Å². The maximum Gasteiger partial charge on any atom is 0.292 e. The highest BCUT2D eigenvalue weighted by atomic mass is 19.1. The van der Waals surface area contributed by atoms with Gasteiger partial charge in [0.25, 0.3) is 6.01 Å². The summed E-state index contributed by atoms with van der Waals surface area (Å²) in [5.74, 6) is 1.09. The molecule has 2 N–H and O–H groups in total. The molecule has 1 heterocycles. The quantitative estimate of drug-likeness (QED) is 0.905. The second-order valence-corrected chi connectivity index (χ2v) is 4.01. The average molecular weight is 250 g/mol. The van der Waals surface area contributed by atoms with Crippen LogP contribution in [0.15, 0.2) is 22.6 Å². The van der Waals surface area contributed by atoms with Gasteiger partial charge in [0.1, 0.15) is 17.3 Å². The number of anilines is 1. The molecule has 18 heavy (non-hydrogen) atoms. The van der Waals surface area contributed by atoms with E-state index in [1.807, 2.05) is 6.92 Å². The van der Waals surface area contributed by atoms with Gasteiger partial charge in [-0.2, -0.15) is 4.98 Å². The molecule has 0 aliphatic rings. The van der Waals surface area contributed by atoms with Crippen LogP contribution in [0.1, 0.15) is 17.0 Å². The zero-order chi connectivity index (χ0) is 13.1. The van der Waals surface area contributed by atoms with Crippen LogP contribution in [0.2, 0.25) is 0 Å². The van der Waals surface area contributed by atoms with E-state index in [0.29, 0.717) is 24.4 Å². The van der Waals surface area contributed by atoms with Crippen LogP contribution in [-0.4, -0.2) is 12.1 Å². The van der Waals surface area contributed by atoms with Crippen molar-refractivity contribution in [2.24, 2.45) is 0 Å². The lowest BCUT2D eigenvalue weighted by Crippen LogP contribution is -1.98. The van der Waals surface area contributed by atoms with Crippen LogP contribution in [0.25, 0.3) is 0 Å². The molecule has 1 aromatic heterocycles. The van der Waals surface area contributed by atoms with E-state index in [9.17, 15) is 4.39 Å². The normalized spacial score (nSPS) is 10.6. The van der Waals surface area contributed by atoms with E-state index in [-0.39, 0.29) is 11.8 Å². The number of nitrogens with two attached hydrogens (primary N) is 1. The van der Waals surface area contributed by atoms with E-state index in [4.69, 9.17) is 14.9 Å². The van der Waals surface area contributed by atoms with Crippen molar-refractivity contribution in [2.45, 2.75) is 19.8 Å². The Kier molecular flexibility index (Phi) is 3.50. The summed E-state index contributed by atoms with van der Waals surface area (Å²) < 4.78 is 23.5. The average Bonchev–Trinajstić information content (AvgIpc) is 2.65. The number of ether oxygens (including phenoxy) is 1. The van der Waals surface area contributed by atoms with Gasteiger partial charge >= 0.3 is 0 Å². The third kappa shape index (κ3) is 2.61. The lowest BCUT2D eigenvalue weighted by molar-refractivity contribution is 0.408. The fourth-order valence-electron chi connectivity index (χ4n) is 1.88. The number of rotatable bonds is 4. The number of hydrogen-bond donors (Lipinski definition) is 1. The smallest absolute Gasteiger partial charge is 0.292 e. The highest BCUT2D eigenvalue weighted by molar-refractivity contribution is 5.34. The number of halogens is 1. The summed E-state index contributed by atoms with van der Waals surface area (Å²) in [4.78, 5) is 4.08. The number of methoxy groups -OCH3 is 1. The molecule has 0 aliphatic heterocycles. The largest absolute Gasteiger partial charge is 0.496 e. The maximum absolute atomic E-state index is 13.2. The van der Waals surface area contributed by atoms with Crippen LogP contribution in [-0.2, 0) is 12.8 Å². The molecule has 0 atom stereocenters. The molecular formula is C13H15FN2O2. The minimum Gasteiger partial charge on any atom is -0.496 e. The number of aromatic nitrogens is 1. The van der Waals surface area contributed by atoms with E-state index in [0.717, 1.165) is 11.3 Å². The molecule has 0 fully saturated rings.